The third-order valence-electron chi connectivity index (χ3n) is 4.02. The van der Waals surface area contributed by atoms with Gasteiger partial charge in [-0.3, -0.25) is 4.90 Å². The molecule has 2 atom stereocenters. The molecular weight excluding hydrogens is 291 g/mol. The van der Waals surface area contributed by atoms with E-state index in [1.807, 2.05) is 6.07 Å². The maximum absolute atomic E-state index is 13.4. The van der Waals surface area contributed by atoms with Crippen molar-refractivity contribution >= 4 is 10.0 Å². The van der Waals surface area contributed by atoms with Crippen LogP contribution in [0.1, 0.15) is 31.4 Å². The lowest BCUT2D eigenvalue weighted by molar-refractivity contribution is 0.254. The average Bonchev–Trinajstić information content (AvgIpc) is 2.80. The Balaban J connectivity index is 2.00. The number of nitrogens with zero attached hydrogens (tertiary/aromatic N) is 1. The van der Waals surface area contributed by atoms with Crippen molar-refractivity contribution in [3.8, 4) is 0 Å². The molecule has 1 heterocycles. The molecule has 1 aromatic carbocycles. The lowest BCUT2D eigenvalue weighted by Crippen LogP contribution is -2.29. The molecule has 0 amide bonds. The highest BCUT2D eigenvalue weighted by Gasteiger charge is 2.30. The summed E-state index contributed by atoms with van der Waals surface area (Å²) in [6, 6.07) is 6.90. The van der Waals surface area contributed by atoms with Crippen molar-refractivity contribution < 1.29 is 12.8 Å². The molecule has 1 saturated heterocycles. The van der Waals surface area contributed by atoms with E-state index in [4.69, 9.17) is 0 Å². The monoisotopic (exact) mass is 314 g/mol. The molecule has 21 heavy (non-hydrogen) atoms. The van der Waals surface area contributed by atoms with Crippen molar-refractivity contribution in [2.45, 2.75) is 25.8 Å². The van der Waals surface area contributed by atoms with Crippen LogP contribution in [0.4, 0.5) is 4.39 Å². The predicted octanol–water partition coefficient (Wildman–Crippen LogP) is 2.15. The Labute approximate surface area is 126 Å². The second-order valence-electron chi connectivity index (χ2n) is 5.78. The molecule has 4 nitrogen and oxygen atoms in total. The van der Waals surface area contributed by atoms with E-state index in [2.05, 4.69) is 16.5 Å². The highest BCUT2D eigenvalue weighted by atomic mass is 32.2. The van der Waals surface area contributed by atoms with Gasteiger partial charge in [0.2, 0.25) is 10.0 Å². The summed E-state index contributed by atoms with van der Waals surface area (Å²) in [5, 5.41) is 0. The molecule has 1 aromatic rings. The minimum absolute atomic E-state index is 0.129. The quantitative estimate of drug-likeness (QED) is 0.875. The fourth-order valence-corrected chi connectivity index (χ4v) is 3.71. The number of benzene rings is 1. The standard InChI is InChI=1S/C15H23FN2O2S/c1-12-9-15(13-5-3-6-14(16)10-13)18(11-12)7-4-8-21(19,20)17-2/h3,5-6,10,12,15,17H,4,7-9,11H2,1-2H3. The molecule has 0 bridgehead atoms. The number of hydrogen-bond donors (Lipinski definition) is 1. The summed E-state index contributed by atoms with van der Waals surface area (Å²) in [5.41, 5.74) is 0.982. The summed E-state index contributed by atoms with van der Waals surface area (Å²) in [7, 11) is -1.72. The van der Waals surface area contributed by atoms with Gasteiger partial charge in [0.05, 0.1) is 5.75 Å². The zero-order chi connectivity index (χ0) is 15.5. The number of sulfonamides is 1. The Morgan fingerprint density at radius 3 is 2.86 bits per heavy atom. The first-order valence-electron chi connectivity index (χ1n) is 7.32. The first kappa shape index (κ1) is 16.4. The Kier molecular flexibility index (Phi) is 5.35. The van der Waals surface area contributed by atoms with Gasteiger partial charge >= 0.3 is 0 Å². The molecular formula is C15H23FN2O2S. The molecule has 0 spiro atoms. The third-order valence-corrected chi connectivity index (χ3v) is 5.46. The number of halogens is 1. The second-order valence-corrected chi connectivity index (χ2v) is 7.83. The lowest BCUT2D eigenvalue weighted by atomic mass is 10.0. The maximum Gasteiger partial charge on any atom is 0.211 e. The fraction of sp³-hybridized carbons (Fsp3) is 0.600. The zero-order valence-electron chi connectivity index (χ0n) is 12.5. The van der Waals surface area contributed by atoms with Crippen LogP contribution in [0.15, 0.2) is 24.3 Å². The average molecular weight is 314 g/mol. The molecule has 1 aliphatic rings. The van der Waals surface area contributed by atoms with Crippen molar-refractivity contribution in [1.29, 1.82) is 0 Å². The zero-order valence-corrected chi connectivity index (χ0v) is 13.4. The number of hydrogen-bond acceptors (Lipinski definition) is 3. The molecule has 1 fully saturated rings. The van der Waals surface area contributed by atoms with E-state index in [1.165, 1.54) is 13.1 Å². The van der Waals surface area contributed by atoms with Gasteiger partial charge in [0.15, 0.2) is 0 Å². The summed E-state index contributed by atoms with van der Waals surface area (Å²) in [6.07, 6.45) is 1.57. The number of rotatable bonds is 6. The molecule has 6 heteroatoms. The van der Waals surface area contributed by atoms with Crippen LogP contribution in [0.5, 0.6) is 0 Å². The number of likely N-dealkylation sites (tertiary alicyclic amines) is 1. The highest BCUT2D eigenvalue weighted by Crippen LogP contribution is 2.35. The van der Waals surface area contributed by atoms with E-state index in [0.717, 1.165) is 18.5 Å². The van der Waals surface area contributed by atoms with E-state index in [-0.39, 0.29) is 17.6 Å². The topological polar surface area (TPSA) is 49.4 Å². The Morgan fingerprint density at radius 1 is 1.43 bits per heavy atom. The molecule has 1 aliphatic heterocycles. The van der Waals surface area contributed by atoms with Crippen LogP contribution in [-0.2, 0) is 10.0 Å². The van der Waals surface area contributed by atoms with E-state index in [9.17, 15) is 12.8 Å². The van der Waals surface area contributed by atoms with Crippen molar-refractivity contribution in [3.05, 3.63) is 35.6 Å². The molecule has 118 valence electrons. The SMILES string of the molecule is CNS(=O)(=O)CCCN1CC(C)CC1c1cccc(F)c1. The number of nitrogens with one attached hydrogen (secondary N) is 1. The van der Waals surface area contributed by atoms with E-state index < -0.39 is 10.0 Å². The summed E-state index contributed by atoms with van der Waals surface area (Å²) in [6.45, 7) is 3.82. The van der Waals surface area contributed by atoms with Crippen LogP contribution in [0.3, 0.4) is 0 Å². The molecule has 0 radical (unpaired) electrons. The largest absolute Gasteiger partial charge is 0.296 e. The normalized spacial score (nSPS) is 23.6. The molecule has 0 aliphatic carbocycles. The maximum atomic E-state index is 13.4. The van der Waals surface area contributed by atoms with Crippen LogP contribution >= 0.6 is 0 Å². The van der Waals surface area contributed by atoms with E-state index in [1.54, 1.807) is 12.1 Å². The first-order chi connectivity index (χ1) is 9.91. The lowest BCUT2D eigenvalue weighted by Gasteiger charge is -2.24. The van der Waals surface area contributed by atoms with Gasteiger partial charge in [-0.2, -0.15) is 0 Å². The fourth-order valence-electron chi connectivity index (χ4n) is 3.00. The van der Waals surface area contributed by atoms with E-state index in [0.29, 0.717) is 18.9 Å². The van der Waals surface area contributed by atoms with Gasteiger partial charge in [-0.15, -0.1) is 0 Å². The van der Waals surface area contributed by atoms with Gasteiger partial charge in [0.1, 0.15) is 5.82 Å². The molecule has 2 rings (SSSR count). The minimum atomic E-state index is -3.15. The van der Waals surface area contributed by atoms with Crippen molar-refractivity contribution in [2.24, 2.45) is 5.92 Å². The Bertz CT molecular complexity index is 577. The van der Waals surface area contributed by atoms with Gasteiger partial charge < -0.3 is 0 Å². The van der Waals surface area contributed by atoms with Gasteiger partial charge in [-0.25, -0.2) is 17.5 Å². The molecule has 2 unspecified atom stereocenters. The van der Waals surface area contributed by atoms with Crippen LogP contribution in [0.25, 0.3) is 0 Å². The molecule has 0 saturated carbocycles. The van der Waals surface area contributed by atoms with Gasteiger partial charge in [-0.1, -0.05) is 19.1 Å². The predicted molar refractivity (Wildman–Crippen MR) is 82.0 cm³/mol. The van der Waals surface area contributed by atoms with Gasteiger partial charge in [-0.05, 0) is 50.0 Å². The highest BCUT2D eigenvalue weighted by molar-refractivity contribution is 7.89. The Hall–Kier alpha value is -0.980. The third kappa shape index (κ3) is 4.49. The van der Waals surface area contributed by atoms with Gasteiger partial charge in [0, 0.05) is 12.6 Å². The summed E-state index contributed by atoms with van der Waals surface area (Å²) < 4.78 is 38.6. The van der Waals surface area contributed by atoms with Crippen molar-refractivity contribution in [1.82, 2.24) is 9.62 Å². The minimum Gasteiger partial charge on any atom is -0.296 e. The van der Waals surface area contributed by atoms with Crippen LogP contribution in [0, 0.1) is 11.7 Å². The van der Waals surface area contributed by atoms with Crippen molar-refractivity contribution in [2.75, 3.05) is 25.9 Å². The van der Waals surface area contributed by atoms with Crippen LogP contribution in [0.2, 0.25) is 0 Å². The van der Waals surface area contributed by atoms with Crippen LogP contribution < -0.4 is 4.72 Å². The second kappa shape index (κ2) is 6.85. The van der Waals surface area contributed by atoms with Crippen molar-refractivity contribution in [3.63, 3.8) is 0 Å². The van der Waals surface area contributed by atoms with Gasteiger partial charge in [0.25, 0.3) is 0 Å². The van der Waals surface area contributed by atoms with Crippen LogP contribution in [-0.4, -0.2) is 39.2 Å². The molecule has 0 aromatic heterocycles. The smallest absolute Gasteiger partial charge is 0.211 e. The van der Waals surface area contributed by atoms with E-state index >= 15 is 0 Å². The Morgan fingerprint density at radius 2 is 2.19 bits per heavy atom. The summed E-state index contributed by atoms with van der Waals surface area (Å²) in [5.74, 6) is 0.452. The summed E-state index contributed by atoms with van der Waals surface area (Å²) >= 11 is 0. The molecule has 1 N–H and O–H groups in total. The summed E-state index contributed by atoms with van der Waals surface area (Å²) in [4.78, 5) is 2.27. The first-order valence-corrected chi connectivity index (χ1v) is 8.97.